The molecule has 0 spiro atoms. The fourth-order valence-corrected chi connectivity index (χ4v) is 3.51. The summed E-state index contributed by atoms with van der Waals surface area (Å²) < 4.78 is 5.22. The van der Waals surface area contributed by atoms with E-state index in [2.05, 4.69) is 46.2 Å². The Morgan fingerprint density at radius 2 is 1.73 bits per heavy atom. The van der Waals surface area contributed by atoms with Gasteiger partial charge in [0, 0.05) is 39.3 Å². The van der Waals surface area contributed by atoms with Crippen LogP contribution in [0.3, 0.4) is 0 Å². The lowest BCUT2D eigenvalue weighted by Gasteiger charge is -2.36. The van der Waals surface area contributed by atoms with Crippen molar-refractivity contribution in [3.05, 3.63) is 42.0 Å². The summed E-state index contributed by atoms with van der Waals surface area (Å²) in [5.41, 5.74) is 1.38. The Morgan fingerprint density at radius 3 is 2.36 bits per heavy atom. The molecule has 1 saturated heterocycles. The van der Waals surface area contributed by atoms with E-state index in [-0.39, 0.29) is 0 Å². The largest absolute Gasteiger partial charge is 0.497 e. The molecule has 0 aromatic heterocycles. The summed E-state index contributed by atoms with van der Waals surface area (Å²) in [5, 5.41) is 0. The smallest absolute Gasteiger partial charge is 0.118 e. The molecule has 1 aliphatic heterocycles. The van der Waals surface area contributed by atoms with Gasteiger partial charge in [0.05, 0.1) is 7.11 Å². The molecule has 120 valence electrons. The van der Waals surface area contributed by atoms with Crippen LogP contribution in [0.4, 0.5) is 0 Å². The van der Waals surface area contributed by atoms with Crippen LogP contribution in [0.2, 0.25) is 0 Å². The Labute approximate surface area is 134 Å². The molecular formula is C19H28N2O. The third kappa shape index (κ3) is 4.34. The van der Waals surface area contributed by atoms with Crippen LogP contribution >= 0.6 is 0 Å². The highest BCUT2D eigenvalue weighted by Gasteiger charge is 2.20. The number of hydrogen-bond donors (Lipinski definition) is 0. The number of benzene rings is 1. The summed E-state index contributed by atoms with van der Waals surface area (Å²) in [6.07, 6.45) is 8.65. The average Bonchev–Trinajstić information content (AvgIpc) is 2.58. The molecule has 22 heavy (non-hydrogen) atoms. The van der Waals surface area contributed by atoms with E-state index in [1.54, 1.807) is 7.11 Å². The van der Waals surface area contributed by atoms with Crippen molar-refractivity contribution in [2.75, 3.05) is 39.8 Å². The monoisotopic (exact) mass is 300 g/mol. The van der Waals surface area contributed by atoms with Gasteiger partial charge in [0.1, 0.15) is 5.75 Å². The van der Waals surface area contributed by atoms with Crippen LogP contribution in [0.25, 0.3) is 0 Å². The normalized spacial score (nSPS) is 23.6. The maximum absolute atomic E-state index is 5.22. The summed E-state index contributed by atoms with van der Waals surface area (Å²) in [7, 11) is 1.72. The summed E-state index contributed by atoms with van der Waals surface area (Å²) in [5.74, 6) is 1.83. The van der Waals surface area contributed by atoms with Crippen molar-refractivity contribution in [2.24, 2.45) is 5.92 Å². The Kier molecular flexibility index (Phi) is 5.52. The molecule has 0 bridgehead atoms. The molecule has 0 radical (unpaired) electrons. The third-order valence-corrected chi connectivity index (χ3v) is 4.92. The van der Waals surface area contributed by atoms with E-state index in [4.69, 9.17) is 4.74 Å². The first-order valence-corrected chi connectivity index (χ1v) is 8.56. The molecule has 3 rings (SSSR count). The lowest BCUT2D eigenvalue weighted by Crippen LogP contribution is -2.47. The number of ether oxygens (including phenoxy) is 1. The lowest BCUT2D eigenvalue weighted by atomic mass is 9.94. The minimum Gasteiger partial charge on any atom is -0.497 e. The Bertz CT molecular complexity index is 475. The highest BCUT2D eigenvalue weighted by atomic mass is 16.5. The number of piperazine rings is 1. The number of allylic oxidation sites excluding steroid dienone is 2. The van der Waals surface area contributed by atoms with E-state index in [1.807, 2.05) is 0 Å². The van der Waals surface area contributed by atoms with Gasteiger partial charge in [-0.3, -0.25) is 4.90 Å². The number of hydrogen-bond acceptors (Lipinski definition) is 3. The fourth-order valence-electron chi connectivity index (χ4n) is 3.51. The number of nitrogens with zero attached hydrogens (tertiary/aromatic N) is 2. The zero-order valence-corrected chi connectivity index (χ0v) is 13.7. The summed E-state index contributed by atoms with van der Waals surface area (Å²) in [6.45, 7) is 7.17. The van der Waals surface area contributed by atoms with Gasteiger partial charge >= 0.3 is 0 Å². The van der Waals surface area contributed by atoms with E-state index in [0.29, 0.717) is 0 Å². The van der Waals surface area contributed by atoms with Crippen molar-refractivity contribution in [1.29, 1.82) is 0 Å². The lowest BCUT2D eigenvalue weighted by molar-refractivity contribution is 0.111. The van der Waals surface area contributed by atoms with Gasteiger partial charge in [0.25, 0.3) is 0 Å². The van der Waals surface area contributed by atoms with Gasteiger partial charge < -0.3 is 9.64 Å². The van der Waals surface area contributed by atoms with Crippen LogP contribution in [0, 0.1) is 5.92 Å². The van der Waals surface area contributed by atoms with Crippen LogP contribution in [-0.4, -0.2) is 49.6 Å². The molecule has 1 fully saturated rings. The molecule has 3 heteroatoms. The van der Waals surface area contributed by atoms with Gasteiger partial charge in [-0.2, -0.15) is 0 Å². The standard InChI is InChI=1S/C19H28N2O/c1-22-19-9-7-18(8-10-19)16-21-13-11-20(12-14-21)15-17-5-3-2-4-6-17/h2-3,7-10,17H,4-6,11-16H2,1H3. The van der Waals surface area contributed by atoms with Gasteiger partial charge in [-0.15, -0.1) is 0 Å². The van der Waals surface area contributed by atoms with Crippen molar-refractivity contribution in [1.82, 2.24) is 9.80 Å². The molecule has 3 nitrogen and oxygen atoms in total. The highest BCUT2D eigenvalue weighted by Crippen LogP contribution is 2.20. The molecule has 1 aromatic carbocycles. The number of rotatable bonds is 5. The van der Waals surface area contributed by atoms with Crippen LogP contribution in [0.15, 0.2) is 36.4 Å². The van der Waals surface area contributed by atoms with Crippen LogP contribution < -0.4 is 4.74 Å². The molecule has 0 saturated carbocycles. The molecule has 1 atom stereocenters. The minimum atomic E-state index is 0.887. The summed E-state index contributed by atoms with van der Waals surface area (Å²) >= 11 is 0. The van der Waals surface area contributed by atoms with Crippen molar-refractivity contribution in [2.45, 2.75) is 25.8 Å². The third-order valence-electron chi connectivity index (χ3n) is 4.92. The second-order valence-electron chi connectivity index (χ2n) is 6.58. The number of methoxy groups -OCH3 is 1. The molecule has 1 aliphatic carbocycles. The molecule has 1 unspecified atom stereocenters. The first-order valence-electron chi connectivity index (χ1n) is 8.56. The average molecular weight is 300 g/mol. The SMILES string of the molecule is COc1ccc(CN2CCN(CC3CC=CCC3)CC2)cc1. The van der Waals surface area contributed by atoms with Gasteiger partial charge in [-0.05, 0) is 42.9 Å². The van der Waals surface area contributed by atoms with Crippen LogP contribution in [-0.2, 0) is 6.54 Å². The minimum absolute atomic E-state index is 0.887. The molecule has 1 heterocycles. The van der Waals surface area contributed by atoms with Gasteiger partial charge in [-0.25, -0.2) is 0 Å². The predicted octanol–water partition coefficient (Wildman–Crippen LogP) is 3.17. The van der Waals surface area contributed by atoms with E-state index in [9.17, 15) is 0 Å². The van der Waals surface area contributed by atoms with Gasteiger partial charge in [0.2, 0.25) is 0 Å². The van der Waals surface area contributed by atoms with E-state index < -0.39 is 0 Å². The maximum Gasteiger partial charge on any atom is 0.118 e. The predicted molar refractivity (Wildman–Crippen MR) is 91.2 cm³/mol. The Morgan fingerprint density at radius 1 is 1.00 bits per heavy atom. The second-order valence-corrected chi connectivity index (χ2v) is 6.58. The van der Waals surface area contributed by atoms with Crippen LogP contribution in [0.1, 0.15) is 24.8 Å². The van der Waals surface area contributed by atoms with Gasteiger partial charge in [-0.1, -0.05) is 24.3 Å². The summed E-state index contributed by atoms with van der Waals surface area (Å²) in [4.78, 5) is 5.23. The van der Waals surface area contributed by atoms with Gasteiger partial charge in [0.15, 0.2) is 0 Å². The molecular weight excluding hydrogens is 272 g/mol. The van der Waals surface area contributed by atoms with Crippen molar-refractivity contribution >= 4 is 0 Å². The Balaban J connectivity index is 1.42. The summed E-state index contributed by atoms with van der Waals surface area (Å²) in [6, 6.07) is 8.48. The first kappa shape index (κ1) is 15.6. The molecule has 0 amide bonds. The zero-order valence-electron chi connectivity index (χ0n) is 13.7. The second kappa shape index (κ2) is 7.80. The zero-order chi connectivity index (χ0) is 15.2. The highest BCUT2D eigenvalue weighted by molar-refractivity contribution is 5.27. The van der Waals surface area contributed by atoms with E-state index in [0.717, 1.165) is 18.2 Å². The fraction of sp³-hybridized carbons (Fsp3) is 0.579. The Hall–Kier alpha value is -1.32. The van der Waals surface area contributed by atoms with E-state index >= 15 is 0 Å². The quantitative estimate of drug-likeness (QED) is 0.777. The molecule has 1 aromatic rings. The maximum atomic E-state index is 5.22. The molecule has 0 N–H and O–H groups in total. The first-order chi connectivity index (χ1) is 10.8. The van der Waals surface area contributed by atoms with Crippen molar-refractivity contribution in [3.63, 3.8) is 0 Å². The van der Waals surface area contributed by atoms with E-state index in [1.165, 1.54) is 57.5 Å². The van der Waals surface area contributed by atoms with Crippen molar-refractivity contribution in [3.8, 4) is 5.75 Å². The van der Waals surface area contributed by atoms with Crippen LogP contribution in [0.5, 0.6) is 5.75 Å². The topological polar surface area (TPSA) is 15.7 Å². The molecule has 2 aliphatic rings. The van der Waals surface area contributed by atoms with Crippen molar-refractivity contribution < 1.29 is 4.74 Å².